The Bertz CT molecular complexity index is 534. The summed E-state index contributed by atoms with van der Waals surface area (Å²) in [5.41, 5.74) is 3.19. The zero-order valence-corrected chi connectivity index (χ0v) is 10.1. The zero-order valence-electron chi connectivity index (χ0n) is 10.1. The first-order valence-electron chi connectivity index (χ1n) is 5.70. The second kappa shape index (κ2) is 4.84. The van der Waals surface area contributed by atoms with E-state index in [1.54, 1.807) is 0 Å². The van der Waals surface area contributed by atoms with Crippen LogP contribution in [0.5, 0.6) is 0 Å². The topological polar surface area (TPSA) is 41.6 Å². The highest BCUT2D eigenvalue weighted by Crippen LogP contribution is 2.20. The highest BCUT2D eigenvalue weighted by atomic mass is 15.3. The van der Waals surface area contributed by atoms with E-state index in [2.05, 4.69) is 29.4 Å². The van der Waals surface area contributed by atoms with Gasteiger partial charge in [0.15, 0.2) is 0 Å². The summed E-state index contributed by atoms with van der Waals surface area (Å²) in [6.45, 7) is 4.51. The summed E-state index contributed by atoms with van der Waals surface area (Å²) in [5, 5.41) is 13.3. The average molecular weight is 225 g/mol. The summed E-state index contributed by atoms with van der Waals surface area (Å²) in [6, 6.07) is 14.4. The Balaban J connectivity index is 2.38. The average Bonchev–Trinajstić information content (AvgIpc) is 2.71. The molecule has 0 aliphatic carbocycles. The Labute approximate surface area is 101 Å². The Morgan fingerprint density at radius 1 is 1.35 bits per heavy atom. The second-order valence-electron chi connectivity index (χ2n) is 4.25. The van der Waals surface area contributed by atoms with Gasteiger partial charge >= 0.3 is 0 Å². The van der Waals surface area contributed by atoms with Crippen LogP contribution in [0.1, 0.15) is 12.6 Å². The van der Waals surface area contributed by atoms with Crippen molar-refractivity contribution < 1.29 is 0 Å². The molecular weight excluding hydrogens is 210 g/mol. The minimum atomic E-state index is -0.0308. The van der Waals surface area contributed by atoms with Crippen molar-refractivity contribution in [1.29, 1.82) is 5.26 Å². The number of benzene rings is 1. The Morgan fingerprint density at radius 3 is 2.71 bits per heavy atom. The van der Waals surface area contributed by atoms with E-state index < -0.39 is 0 Å². The maximum absolute atomic E-state index is 8.87. The molecule has 0 N–H and O–H groups in total. The predicted octanol–water partition coefficient (Wildman–Crippen LogP) is 3.02. The molecule has 0 aliphatic heterocycles. The summed E-state index contributed by atoms with van der Waals surface area (Å²) in [7, 11) is 0. The number of nitriles is 1. The Hall–Kier alpha value is -2.08. The predicted molar refractivity (Wildman–Crippen MR) is 67.2 cm³/mol. The summed E-state index contributed by atoms with van der Waals surface area (Å²) in [6.07, 6.45) is 0. The van der Waals surface area contributed by atoms with Crippen LogP contribution in [-0.4, -0.2) is 9.78 Å². The van der Waals surface area contributed by atoms with Gasteiger partial charge in [-0.1, -0.05) is 30.3 Å². The van der Waals surface area contributed by atoms with E-state index in [1.807, 2.05) is 36.7 Å². The van der Waals surface area contributed by atoms with Crippen molar-refractivity contribution in [3.63, 3.8) is 0 Å². The number of aromatic nitrogens is 2. The Morgan fingerprint density at radius 2 is 2.06 bits per heavy atom. The highest BCUT2D eigenvalue weighted by molar-refractivity contribution is 5.59. The molecule has 1 aromatic carbocycles. The lowest BCUT2D eigenvalue weighted by atomic mass is 10.1. The monoisotopic (exact) mass is 225 g/mol. The fourth-order valence-electron chi connectivity index (χ4n) is 1.83. The molecule has 1 unspecified atom stereocenters. The van der Waals surface area contributed by atoms with Gasteiger partial charge in [-0.25, -0.2) is 0 Å². The lowest BCUT2D eigenvalue weighted by Crippen LogP contribution is -2.08. The van der Waals surface area contributed by atoms with Gasteiger partial charge in [-0.15, -0.1) is 0 Å². The van der Waals surface area contributed by atoms with E-state index in [0.29, 0.717) is 6.54 Å². The van der Waals surface area contributed by atoms with E-state index in [9.17, 15) is 0 Å². The maximum Gasteiger partial charge on any atom is 0.0685 e. The van der Waals surface area contributed by atoms with Gasteiger partial charge in [0.2, 0.25) is 0 Å². The molecule has 1 aromatic heterocycles. The highest BCUT2D eigenvalue weighted by Gasteiger charge is 2.10. The van der Waals surface area contributed by atoms with E-state index >= 15 is 0 Å². The van der Waals surface area contributed by atoms with Crippen molar-refractivity contribution in [3.8, 4) is 17.3 Å². The minimum absolute atomic E-state index is 0.0308. The van der Waals surface area contributed by atoms with Gasteiger partial charge in [-0.05, 0) is 25.5 Å². The molecule has 1 heterocycles. The number of nitrogens with zero attached hydrogens (tertiary/aromatic N) is 3. The summed E-state index contributed by atoms with van der Waals surface area (Å²) in [5.74, 6) is -0.0308. The normalized spacial score (nSPS) is 12.1. The van der Waals surface area contributed by atoms with E-state index in [-0.39, 0.29) is 5.92 Å². The fraction of sp³-hybridized carbons (Fsp3) is 0.286. The fourth-order valence-corrected chi connectivity index (χ4v) is 1.83. The summed E-state index contributed by atoms with van der Waals surface area (Å²) < 4.78 is 1.92. The van der Waals surface area contributed by atoms with Crippen molar-refractivity contribution in [2.24, 2.45) is 5.92 Å². The van der Waals surface area contributed by atoms with E-state index in [0.717, 1.165) is 17.0 Å². The van der Waals surface area contributed by atoms with Gasteiger partial charge in [-0.3, -0.25) is 4.68 Å². The smallest absolute Gasteiger partial charge is 0.0685 e. The first-order chi connectivity index (χ1) is 8.20. The standard InChI is InChI=1S/C14H15N3/c1-11(9-15)10-17-14(8-12(2)16-17)13-6-4-3-5-7-13/h3-8,11H,10H2,1-2H3. The molecule has 3 nitrogen and oxygen atoms in total. The van der Waals surface area contributed by atoms with Crippen LogP contribution >= 0.6 is 0 Å². The molecule has 2 rings (SSSR count). The molecule has 0 saturated heterocycles. The molecule has 0 saturated carbocycles. The van der Waals surface area contributed by atoms with Gasteiger partial charge in [0.25, 0.3) is 0 Å². The number of aryl methyl sites for hydroxylation is 1. The summed E-state index contributed by atoms with van der Waals surface area (Å²) >= 11 is 0. The quantitative estimate of drug-likeness (QED) is 0.805. The molecule has 1 atom stereocenters. The lowest BCUT2D eigenvalue weighted by Gasteiger charge is -2.08. The van der Waals surface area contributed by atoms with Crippen LogP contribution in [0.2, 0.25) is 0 Å². The zero-order chi connectivity index (χ0) is 12.3. The first kappa shape index (κ1) is 11.4. The SMILES string of the molecule is Cc1cc(-c2ccccc2)n(CC(C)C#N)n1. The lowest BCUT2D eigenvalue weighted by molar-refractivity contribution is 0.530. The van der Waals surface area contributed by atoms with Crippen molar-refractivity contribution in [2.45, 2.75) is 20.4 Å². The van der Waals surface area contributed by atoms with Gasteiger partial charge < -0.3 is 0 Å². The summed E-state index contributed by atoms with van der Waals surface area (Å²) in [4.78, 5) is 0. The molecule has 0 spiro atoms. The molecule has 0 fully saturated rings. The number of rotatable bonds is 3. The van der Waals surface area contributed by atoms with Crippen LogP contribution in [0, 0.1) is 24.2 Å². The van der Waals surface area contributed by atoms with Crippen molar-refractivity contribution in [3.05, 3.63) is 42.1 Å². The largest absolute Gasteiger partial charge is 0.263 e. The van der Waals surface area contributed by atoms with Gasteiger partial charge in [0, 0.05) is 0 Å². The van der Waals surface area contributed by atoms with Crippen molar-refractivity contribution in [1.82, 2.24) is 9.78 Å². The molecule has 17 heavy (non-hydrogen) atoms. The number of hydrogen-bond acceptors (Lipinski definition) is 2. The molecule has 0 bridgehead atoms. The minimum Gasteiger partial charge on any atom is -0.263 e. The van der Waals surface area contributed by atoms with E-state index in [1.165, 1.54) is 0 Å². The maximum atomic E-state index is 8.87. The molecular formula is C14H15N3. The molecule has 0 aliphatic rings. The van der Waals surface area contributed by atoms with Crippen LogP contribution in [0.25, 0.3) is 11.3 Å². The van der Waals surface area contributed by atoms with Gasteiger partial charge in [0.1, 0.15) is 0 Å². The first-order valence-corrected chi connectivity index (χ1v) is 5.70. The van der Waals surface area contributed by atoms with Crippen molar-refractivity contribution >= 4 is 0 Å². The molecule has 3 heteroatoms. The third kappa shape index (κ3) is 2.54. The van der Waals surface area contributed by atoms with Crippen LogP contribution in [-0.2, 0) is 6.54 Å². The third-order valence-electron chi connectivity index (χ3n) is 2.64. The third-order valence-corrected chi connectivity index (χ3v) is 2.64. The molecule has 86 valence electrons. The van der Waals surface area contributed by atoms with Crippen LogP contribution < -0.4 is 0 Å². The van der Waals surface area contributed by atoms with Crippen molar-refractivity contribution in [2.75, 3.05) is 0 Å². The van der Waals surface area contributed by atoms with Crippen LogP contribution in [0.4, 0.5) is 0 Å². The van der Waals surface area contributed by atoms with E-state index in [4.69, 9.17) is 5.26 Å². The van der Waals surface area contributed by atoms with Gasteiger partial charge in [0.05, 0.1) is 29.9 Å². The Kier molecular flexibility index (Phi) is 3.24. The van der Waals surface area contributed by atoms with Gasteiger partial charge in [-0.2, -0.15) is 10.4 Å². The molecule has 2 aromatic rings. The second-order valence-corrected chi connectivity index (χ2v) is 4.25. The van der Waals surface area contributed by atoms with Crippen LogP contribution in [0.3, 0.4) is 0 Å². The molecule has 0 amide bonds. The number of hydrogen-bond donors (Lipinski definition) is 0. The molecule has 0 radical (unpaired) electrons. The van der Waals surface area contributed by atoms with Crippen LogP contribution in [0.15, 0.2) is 36.4 Å².